The summed E-state index contributed by atoms with van der Waals surface area (Å²) >= 11 is 0. The summed E-state index contributed by atoms with van der Waals surface area (Å²) in [6.45, 7) is 6.94. The smallest absolute Gasteiger partial charge is 0.456 e. The third kappa shape index (κ3) is 48.7. The number of carbonyl (C=O) groups is 2. The van der Waals surface area contributed by atoms with Gasteiger partial charge in [0.1, 0.15) is 19.3 Å². The van der Waals surface area contributed by atoms with Crippen LogP contribution in [0.15, 0.2) is 60.8 Å². The Bertz CT molecular complexity index is 1350. The van der Waals surface area contributed by atoms with Gasteiger partial charge in [0.05, 0.1) is 33.8 Å². The molecular weight excluding hydrogens is 868 g/mol. The summed E-state index contributed by atoms with van der Waals surface area (Å²) in [5, 5.41) is 3.03. The predicted molar refractivity (Wildman–Crippen MR) is 291 cm³/mol. The molecule has 0 bridgehead atoms. The molecule has 0 aliphatic rings. The van der Waals surface area contributed by atoms with E-state index < -0.39 is 20.0 Å². The molecule has 0 rings (SSSR count). The third-order valence-corrected chi connectivity index (χ3v) is 13.2. The largest absolute Gasteiger partial charge is 0.472 e. The number of likely N-dealkylation sites (N-methyl/N-ethyl adjacent to an activating group) is 1. The Labute approximate surface area is 420 Å². The summed E-state index contributed by atoms with van der Waals surface area (Å²) in [6, 6.07) is -0.864. The van der Waals surface area contributed by atoms with Crippen LogP contribution >= 0.6 is 7.82 Å². The van der Waals surface area contributed by atoms with Crippen LogP contribution in [0.3, 0.4) is 0 Å². The first kappa shape index (κ1) is 65.7. The number of hydrogen-bond acceptors (Lipinski definition) is 6. The number of amides is 1. The molecule has 3 atom stereocenters. The fourth-order valence-corrected chi connectivity index (χ4v) is 8.50. The van der Waals surface area contributed by atoms with Crippen LogP contribution in [0.4, 0.5) is 0 Å². The van der Waals surface area contributed by atoms with E-state index in [2.05, 4.69) is 74.7 Å². The fourth-order valence-electron chi connectivity index (χ4n) is 7.76. The number of carbonyl (C=O) groups excluding carboxylic acids is 2. The Morgan fingerprint density at radius 2 is 0.897 bits per heavy atom. The molecule has 0 aromatic carbocycles. The van der Waals surface area contributed by atoms with Gasteiger partial charge in [-0.1, -0.05) is 197 Å². The Morgan fingerprint density at radius 3 is 1.40 bits per heavy atom. The highest BCUT2D eigenvalue weighted by atomic mass is 31.2. The maximum Gasteiger partial charge on any atom is 0.472 e. The van der Waals surface area contributed by atoms with Gasteiger partial charge in [0.2, 0.25) is 5.91 Å². The van der Waals surface area contributed by atoms with Crippen LogP contribution in [-0.2, 0) is 27.9 Å². The zero-order valence-corrected chi connectivity index (χ0v) is 46.0. The highest BCUT2D eigenvalue weighted by Crippen LogP contribution is 2.43. The van der Waals surface area contributed by atoms with Gasteiger partial charge in [0.15, 0.2) is 0 Å². The molecule has 0 fully saturated rings. The molecule has 0 radical (unpaired) electrons. The Balaban J connectivity index is 5.43. The first-order valence-corrected chi connectivity index (χ1v) is 29.6. The molecular formula is C58H108N2O7P+. The number of allylic oxidation sites excluding steroid dienone is 9. The van der Waals surface area contributed by atoms with E-state index in [1.54, 1.807) is 0 Å². The minimum absolute atomic E-state index is 0.0324. The Morgan fingerprint density at radius 1 is 0.515 bits per heavy atom. The summed E-state index contributed by atoms with van der Waals surface area (Å²) in [5.41, 5.74) is 0. The van der Waals surface area contributed by atoms with Gasteiger partial charge in [0.25, 0.3) is 0 Å². The zero-order valence-electron chi connectivity index (χ0n) is 45.1. The van der Waals surface area contributed by atoms with Crippen LogP contribution in [0, 0.1) is 0 Å². The molecule has 2 N–H and O–H groups in total. The number of unbranched alkanes of at least 4 members (excludes halogenated alkanes) is 26. The lowest BCUT2D eigenvalue weighted by atomic mass is 10.1. The number of esters is 1. The van der Waals surface area contributed by atoms with E-state index in [9.17, 15) is 19.0 Å². The summed E-state index contributed by atoms with van der Waals surface area (Å²) in [6.07, 6.45) is 59.2. The average Bonchev–Trinajstić information content (AvgIpc) is 3.29. The molecule has 3 unspecified atom stereocenters. The molecule has 10 heteroatoms. The molecule has 0 aromatic rings. The average molecular weight is 976 g/mol. The topological polar surface area (TPSA) is 111 Å². The maximum atomic E-state index is 13.5. The predicted octanol–water partition coefficient (Wildman–Crippen LogP) is 16.7. The minimum Gasteiger partial charge on any atom is -0.456 e. The summed E-state index contributed by atoms with van der Waals surface area (Å²) in [7, 11) is 1.47. The van der Waals surface area contributed by atoms with Crippen molar-refractivity contribution in [1.82, 2.24) is 5.32 Å². The van der Waals surface area contributed by atoms with Crippen molar-refractivity contribution in [1.29, 1.82) is 0 Å². The van der Waals surface area contributed by atoms with Gasteiger partial charge in [-0.15, -0.1) is 0 Å². The van der Waals surface area contributed by atoms with E-state index >= 15 is 0 Å². The summed E-state index contributed by atoms with van der Waals surface area (Å²) in [4.78, 5) is 37.5. The molecule has 0 aromatic heterocycles. The molecule has 0 spiro atoms. The Hall–Kier alpha value is -2.29. The summed E-state index contributed by atoms with van der Waals surface area (Å²) < 4.78 is 30.5. The second-order valence-electron chi connectivity index (χ2n) is 20.1. The third-order valence-electron chi connectivity index (χ3n) is 12.2. The van der Waals surface area contributed by atoms with Crippen LogP contribution < -0.4 is 5.32 Å². The van der Waals surface area contributed by atoms with E-state index in [0.29, 0.717) is 23.9 Å². The number of nitrogens with one attached hydrogen (secondary N) is 1. The minimum atomic E-state index is -4.45. The molecule has 9 nitrogen and oxygen atoms in total. The van der Waals surface area contributed by atoms with Crippen LogP contribution in [0.1, 0.15) is 245 Å². The van der Waals surface area contributed by atoms with Gasteiger partial charge >= 0.3 is 13.8 Å². The number of quaternary nitrogens is 1. The number of phosphoric acid groups is 1. The second kappa shape index (κ2) is 48.3. The molecule has 0 saturated carbocycles. The van der Waals surface area contributed by atoms with Gasteiger partial charge in [-0.2, -0.15) is 0 Å². The number of ether oxygens (including phenoxy) is 1. The van der Waals surface area contributed by atoms with Gasteiger partial charge in [-0.05, 0) is 96.0 Å². The van der Waals surface area contributed by atoms with Crippen molar-refractivity contribution in [3.63, 3.8) is 0 Å². The molecule has 0 heterocycles. The van der Waals surface area contributed by atoms with Gasteiger partial charge in [-0.3, -0.25) is 18.6 Å². The van der Waals surface area contributed by atoms with E-state index in [1.165, 1.54) is 116 Å². The van der Waals surface area contributed by atoms with E-state index in [4.69, 9.17) is 13.8 Å². The highest BCUT2D eigenvalue weighted by Gasteiger charge is 2.30. The van der Waals surface area contributed by atoms with Crippen molar-refractivity contribution in [2.24, 2.45) is 0 Å². The normalized spacial score (nSPS) is 14.3. The van der Waals surface area contributed by atoms with E-state index in [-0.39, 0.29) is 31.5 Å². The lowest BCUT2D eigenvalue weighted by molar-refractivity contribution is -0.870. The van der Waals surface area contributed by atoms with Crippen molar-refractivity contribution in [3.8, 4) is 0 Å². The molecule has 68 heavy (non-hydrogen) atoms. The summed E-state index contributed by atoms with van der Waals surface area (Å²) in [5.74, 6) is -0.549. The zero-order chi connectivity index (χ0) is 50.1. The maximum absolute atomic E-state index is 13.5. The molecule has 396 valence electrons. The first-order valence-electron chi connectivity index (χ1n) is 28.1. The van der Waals surface area contributed by atoms with Crippen LogP contribution in [0.5, 0.6) is 0 Å². The van der Waals surface area contributed by atoms with Gasteiger partial charge < -0.3 is 19.4 Å². The monoisotopic (exact) mass is 976 g/mol. The lowest BCUT2D eigenvalue weighted by Crippen LogP contribution is -2.47. The van der Waals surface area contributed by atoms with Gasteiger partial charge in [0, 0.05) is 12.8 Å². The number of phosphoric ester groups is 1. The second-order valence-corrected chi connectivity index (χ2v) is 21.6. The van der Waals surface area contributed by atoms with Crippen LogP contribution in [-0.4, -0.2) is 74.3 Å². The molecule has 0 saturated heterocycles. The molecule has 0 aliphatic heterocycles. The molecule has 1 amide bonds. The number of rotatable bonds is 50. The standard InChI is InChI=1S/C58H107N2O7P/c1-7-10-13-16-19-22-25-28-29-30-31-33-36-39-42-45-48-51-58(62)67-56(49-46-43-40-37-34-27-24-21-18-15-12-9-3)55(54-66-68(63,64)65-53-52-60(4,5)6)59-57(61)50-47-44-41-38-35-32-26-23-20-17-14-11-8-2/h19,22,28-29,31-33,35,46,49,55-56H,7-18,20-21,23-27,30,34,36-45,47-48,50-54H2,1-6H3,(H-,59,61,63,64)/p+1/b22-19-,29-28-,33-31-,35-32-,49-46+. The quantitative estimate of drug-likeness (QED) is 0.0205. The van der Waals surface area contributed by atoms with Crippen LogP contribution in [0.25, 0.3) is 0 Å². The van der Waals surface area contributed by atoms with E-state index in [0.717, 1.165) is 89.9 Å². The number of hydrogen-bond donors (Lipinski definition) is 2. The number of nitrogens with zero attached hydrogens (tertiary/aromatic N) is 1. The van der Waals surface area contributed by atoms with Crippen LogP contribution in [0.2, 0.25) is 0 Å². The van der Waals surface area contributed by atoms with Crippen molar-refractivity contribution >= 4 is 19.7 Å². The van der Waals surface area contributed by atoms with E-state index in [1.807, 2.05) is 33.3 Å². The van der Waals surface area contributed by atoms with Crippen molar-refractivity contribution in [2.75, 3.05) is 40.9 Å². The SMILES string of the molecule is CCCCC/C=C\C/C=C\C/C=C\CCCCCCC(=O)OC(/C=C/CCCCCCCCCCCC)C(COP(=O)(O)OCC[N+](C)(C)C)NC(=O)CCCCC/C=C\CCCCCCCC. The van der Waals surface area contributed by atoms with Gasteiger partial charge in [-0.25, -0.2) is 4.57 Å². The first-order chi connectivity index (χ1) is 32.9. The Kier molecular flexibility index (Phi) is 46.7. The fraction of sp³-hybridized carbons (Fsp3) is 0.793. The van der Waals surface area contributed by atoms with Crippen molar-refractivity contribution < 1.29 is 37.3 Å². The highest BCUT2D eigenvalue weighted by molar-refractivity contribution is 7.47. The molecule has 0 aliphatic carbocycles. The van der Waals surface area contributed by atoms with Crippen molar-refractivity contribution in [2.45, 2.75) is 258 Å². The van der Waals surface area contributed by atoms with Crippen molar-refractivity contribution in [3.05, 3.63) is 60.8 Å². The lowest BCUT2D eigenvalue weighted by Gasteiger charge is -2.27.